The smallest absolute Gasteiger partial charge is 0.222 e. The summed E-state index contributed by atoms with van der Waals surface area (Å²) in [6, 6.07) is 0.461. The highest BCUT2D eigenvalue weighted by atomic mass is 79.9. The minimum absolute atomic E-state index is 0.178. The zero-order valence-electron chi connectivity index (χ0n) is 9.83. The van der Waals surface area contributed by atoms with Crippen LogP contribution in [0.2, 0.25) is 0 Å². The van der Waals surface area contributed by atoms with Gasteiger partial charge in [0.1, 0.15) is 0 Å². The van der Waals surface area contributed by atoms with Crippen molar-refractivity contribution in [3.63, 3.8) is 0 Å². The summed E-state index contributed by atoms with van der Waals surface area (Å²) >= 11 is 3.37. The Morgan fingerprint density at radius 1 is 1.31 bits per heavy atom. The van der Waals surface area contributed by atoms with Crippen LogP contribution in [0.3, 0.4) is 0 Å². The number of carbonyl (C=O) groups excluding carboxylic acids is 1. The van der Waals surface area contributed by atoms with E-state index in [1.165, 1.54) is 6.42 Å². The summed E-state index contributed by atoms with van der Waals surface area (Å²) in [6.07, 6.45) is 6.94. The SMILES string of the molecule is O=C(CCCCBr)N(CCCO)C1CCC1. The van der Waals surface area contributed by atoms with Crippen LogP contribution >= 0.6 is 15.9 Å². The summed E-state index contributed by atoms with van der Waals surface area (Å²) in [5.74, 6) is 0.277. The van der Waals surface area contributed by atoms with Gasteiger partial charge in [-0.15, -0.1) is 0 Å². The van der Waals surface area contributed by atoms with Crippen molar-refractivity contribution >= 4 is 21.8 Å². The van der Waals surface area contributed by atoms with Crippen LogP contribution in [-0.2, 0) is 4.79 Å². The number of rotatable bonds is 8. The Bertz CT molecular complexity index is 207. The van der Waals surface area contributed by atoms with Crippen LogP contribution in [0.25, 0.3) is 0 Å². The van der Waals surface area contributed by atoms with Crippen molar-refractivity contribution < 1.29 is 9.90 Å². The van der Waals surface area contributed by atoms with E-state index in [1.54, 1.807) is 0 Å². The third-order valence-electron chi connectivity index (χ3n) is 3.17. The lowest BCUT2D eigenvalue weighted by atomic mass is 9.91. The molecule has 1 amide bonds. The molecule has 16 heavy (non-hydrogen) atoms. The van der Waals surface area contributed by atoms with Gasteiger partial charge in [-0.2, -0.15) is 0 Å². The number of hydrogen-bond acceptors (Lipinski definition) is 2. The van der Waals surface area contributed by atoms with E-state index in [9.17, 15) is 4.79 Å². The minimum atomic E-state index is 0.178. The van der Waals surface area contributed by atoms with E-state index in [0.717, 1.165) is 37.6 Å². The van der Waals surface area contributed by atoms with Gasteiger partial charge < -0.3 is 10.0 Å². The topological polar surface area (TPSA) is 40.5 Å². The van der Waals surface area contributed by atoms with Gasteiger partial charge in [-0.25, -0.2) is 0 Å². The number of aliphatic hydroxyl groups excluding tert-OH is 1. The number of unbranched alkanes of at least 4 members (excludes halogenated alkanes) is 1. The highest BCUT2D eigenvalue weighted by Crippen LogP contribution is 2.25. The normalized spacial score (nSPS) is 15.9. The predicted molar refractivity (Wildman–Crippen MR) is 68.7 cm³/mol. The highest BCUT2D eigenvalue weighted by Gasteiger charge is 2.27. The van der Waals surface area contributed by atoms with Gasteiger partial charge in [0.2, 0.25) is 5.91 Å². The molecule has 0 atom stereocenters. The van der Waals surface area contributed by atoms with Crippen molar-refractivity contribution in [3.05, 3.63) is 0 Å². The number of nitrogens with zero attached hydrogens (tertiary/aromatic N) is 1. The zero-order chi connectivity index (χ0) is 11.8. The molecule has 1 rings (SSSR count). The number of alkyl halides is 1. The molecule has 0 aromatic rings. The Hall–Kier alpha value is -0.0900. The van der Waals surface area contributed by atoms with Gasteiger partial charge >= 0.3 is 0 Å². The lowest BCUT2D eigenvalue weighted by molar-refractivity contribution is -0.135. The monoisotopic (exact) mass is 291 g/mol. The lowest BCUT2D eigenvalue weighted by Gasteiger charge is -2.37. The first-order chi connectivity index (χ1) is 7.79. The van der Waals surface area contributed by atoms with E-state index in [2.05, 4.69) is 15.9 Å². The molecule has 1 N–H and O–H groups in total. The quantitative estimate of drug-likeness (QED) is 0.551. The van der Waals surface area contributed by atoms with Crippen LogP contribution < -0.4 is 0 Å². The van der Waals surface area contributed by atoms with Crippen molar-refractivity contribution in [3.8, 4) is 0 Å². The molecule has 1 fully saturated rings. The molecular formula is C12H22BrNO2. The number of hydrogen-bond donors (Lipinski definition) is 1. The van der Waals surface area contributed by atoms with Gasteiger partial charge in [-0.3, -0.25) is 4.79 Å². The Morgan fingerprint density at radius 3 is 2.56 bits per heavy atom. The van der Waals surface area contributed by atoms with E-state index in [1.807, 2.05) is 4.90 Å². The van der Waals surface area contributed by atoms with Gasteiger partial charge in [0.05, 0.1) is 0 Å². The fourth-order valence-electron chi connectivity index (χ4n) is 1.96. The zero-order valence-corrected chi connectivity index (χ0v) is 11.4. The second kappa shape index (κ2) is 8.07. The third-order valence-corrected chi connectivity index (χ3v) is 3.73. The fraction of sp³-hybridized carbons (Fsp3) is 0.917. The standard InChI is InChI=1S/C12H22BrNO2/c13-8-2-1-7-12(16)14(9-4-10-15)11-5-3-6-11/h11,15H,1-10H2. The maximum Gasteiger partial charge on any atom is 0.222 e. The van der Waals surface area contributed by atoms with Crippen LogP contribution in [0.4, 0.5) is 0 Å². The molecule has 0 unspecified atom stereocenters. The number of aliphatic hydroxyl groups is 1. The molecule has 1 aliphatic carbocycles. The average Bonchev–Trinajstić information content (AvgIpc) is 2.21. The third kappa shape index (κ3) is 4.42. The molecule has 1 aliphatic rings. The summed E-state index contributed by atoms with van der Waals surface area (Å²) < 4.78 is 0. The van der Waals surface area contributed by atoms with Crippen molar-refractivity contribution in [1.82, 2.24) is 4.90 Å². The Kier molecular flexibility index (Phi) is 7.05. The van der Waals surface area contributed by atoms with Crippen LogP contribution in [0, 0.1) is 0 Å². The van der Waals surface area contributed by atoms with Crippen LogP contribution in [0.5, 0.6) is 0 Å². The molecular weight excluding hydrogens is 270 g/mol. The molecule has 0 aromatic carbocycles. The Labute approximate surface area is 106 Å². The number of amides is 1. The van der Waals surface area contributed by atoms with Gasteiger partial charge in [0, 0.05) is 30.9 Å². The molecule has 4 heteroatoms. The van der Waals surface area contributed by atoms with Crippen LogP contribution in [0.1, 0.15) is 44.9 Å². The van der Waals surface area contributed by atoms with Gasteiger partial charge in [0.15, 0.2) is 0 Å². The first-order valence-corrected chi connectivity index (χ1v) is 7.38. The summed E-state index contributed by atoms with van der Waals surface area (Å²) in [5, 5.41) is 9.81. The highest BCUT2D eigenvalue weighted by molar-refractivity contribution is 9.09. The maximum absolute atomic E-state index is 12.0. The van der Waals surface area contributed by atoms with E-state index >= 15 is 0 Å². The Balaban J connectivity index is 2.31. The van der Waals surface area contributed by atoms with E-state index < -0.39 is 0 Å². The molecule has 1 saturated carbocycles. The fourth-order valence-corrected chi connectivity index (χ4v) is 2.36. The summed E-state index contributed by atoms with van der Waals surface area (Å²) in [4.78, 5) is 14.0. The van der Waals surface area contributed by atoms with Gasteiger partial charge in [-0.05, 0) is 38.5 Å². The van der Waals surface area contributed by atoms with Crippen molar-refractivity contribution in [1.29, 1.82) is 0 Å². The molecule has 94 valence electrons. The van der Waals surface area contributed by atoms with E-state index in [0.29, 0.717) is 18.9 Å². The number of halogens is 1. The first kappa shape index (κ1) is 14.0. The molecule has 0 aliphatic heterocycles. The second-order valence-corrected chi connectivity index (χ2v) is 5.19. The molecule has 0 radical (unpaired) electrons. The maximum atomic E-state index is 12.0. The first-order valence-electron chi connectivity index (χ1n) is 6.26. The largest absolute Gasteiger partial charge is 0.396 e. The molecule has 0 spiro atoms. The van der Waals surface area contributed by atoms with Crippen molar-refractivity contribution in [2.75, 3.05) is 18.5 Å². The van der Waals surface area contributed by atoms with E-state index in [4.69, 9.17) is 5.11 Å². The van der Waals surface area contributed by atoms with Crippen molar-refractivity contribution in [2.24, 2.45) is 0 Å². The molecule has 0 aromatic heterocycles. The molecule has 0 saturated heterocycles. The average molecular weight is 292 g/mol. The lowest BCUT2D eigenvalue weighted by Crippen LogP contribution is -2.44. The van der Waals surface area contributed by atoms with E-state index in [-0.39, 0.29) is 12.5 Å². The predicted octanol–water partition coefficient (Wildman–Crippen LogP) is 2.32. The van der Waals surface area contributed by atoms with Crippen molar-refractivity contribution in [2.45, 2.75) is 51.0 Å². The Morgan fingerprint density at radius 2 is 2.06 bits per heavy atom. The van der Waals surface area contributed by atoms with Gasteiger partial charge in [0.25, 0.3) is 0 Å². The summed E-state index contributed by atoms with van der Waals surface area (Å²) in [5.41, 5.74) is 0. The molecule has 0 heterocycles. The molecule has 0 bridgehead atoms. The second-order valence-electron chi connectivity index (χ2n) is 4.40. The number of carbonyl (C=O) groups is 1. The summed E-state index contributed by atoms with van der Waals surface area (Å²) in [7, 11) is 0. The summed E-state index contributed by atoms with van der Waals surface area (Å²) in [6.45, 7) is 0.909. The minimum Gasteiger partial charge on any atom is -0.396 e. The van der Waals surface area contributed by atoms with Gasteiger partial charge in [-0.1, -0.05) is 15.9 Å². The van der Waals surface area contributed by atoms with Crippen LogP contribution in [-0.4, -0.2) is 40.4 Å². The molecule has 3 nitrogen and oxygen atoms in total. The van der Waals surface area contributed by atoms with Crippen LogP contribution in [0.15, 0.2) is 0 Å².